The number of nitrogens with zero attached hydrogens (tertiary/aromatic N) is 2. The van der Waals surface area contributed by atoms with Crippen molar-refractivity contribution in [2.24, 2.45) is 9.98 Å². The topological polar surface area (TPSA) is 24.7 Å². The molecular formula is C40H56N2Ni. The van der Waals surface area contributed by atoms with E-state index in [-0.39, 0.29) is 16.5 Å². The van der Waals surface area contributed by atoms with E-state index in [1.165, 1.54) is 89.9 Å². The van der Waals surface area contributed by atoms with Crippen LogP contribution in [0.3, 0.4) is 0 Å². The molecule has 0 aliphatic rings. The molecule has 0 fully saturated rings. The van der Waals surface area contributed by atoms with Crippen LogP contribution >= 0.6 is 0 Å². The average molecular weight is 624 g/mol. The van der Waals surface area contributed by atoms with Gasteiger partial charge in [-0.05, 0) is 74.2 Å². The molecule has 0 saturated heterocycles. The van der Waals surface area contributed by atoms with Crippen LogP contribution in [0.15, 0.2) is 58.5 Å². The van der Waals surface area contributed by atoms with E-state index in [1.54, 1.807) is 0 Å². The third-order valence-corrected chi connectivity index (χ3v) is 7.43. The number of hydrogen-bond donors (Lipinski definition) is 0. The summed E-state index contributed by atoms with van der Waals surface area (Å²) >= 11 is 0. The second-order valence-electron chi connectivity index (χ2n) is 11.4. The summed E-state index contributed by atoms with van der Waals surface area (Å²) in [4.78, 5) is 9.63. The third-order valence-electron chi connectivity index (χ3n) is 7.43. The monoisotopic (exact) mass is 622 g/mol. The third kappa shape index (κ3) is 20.1. The van der Waals surface area contributed by atoms with Crippen LogP contribution in [0.1, 0.15) is 154 Å². The van der Waals surface area contributed by atoms with E-state index < -0.39 is 0 Å². The summed E-state index contributed by atoms with van der Waals surface area (Å²) in [6.45, 7) is 6.75. The molecule has 0 spiro atoms. The summed E-state index contributed by atoms with van der Waals surface area (Å²) in [5.74, 6) is 13.3. The fourth-order valence-corrected chi connectivity index (χ4v) is 4.74. The van der Waals surface area contributed by atoms with E-state index in [0.29, 0.717) is 0 Å². The Kier molecular flexibility index (Phi) is 24.1. The number of hydrogen-bond acceptors (Lipinski definition) is 2. The maximum absolute atomic E-state index is 4.90. The Morgan fingerprint density at radius 1 is 0.535 bits per heavy atom. The van der Waals surface area contributed by atoms with Crippen molar-refractivity contribution in [3.8, 4) is 23.7 Å². The van der Waals surface area contributed by atoms with Gasteiger partial charge in [0.2, 0.25) is 0 Å². The normalized spacial score (nSPS) is 11.0. The van der Waals surface area contributed by atoms with Gasteiger partial charge < -0.3 is 0 Å². The van der Waals surface area contributed by atoms with Gasteiger partial charge in [0.1, 0.15) is 0 Å². The average Bonchev–Trinajstić information content (AvgIpc) is 3.02. The van der Waals surface area contributed by atoms with Gasteiger partial charge in [-0.25, -0.2) is 0 Å². The maximum atomic E-state index is 4.90. The van der Waals surface area contributed by atoms with Crippen LogP contribution in [0, 0.1) is 23.7 Å². The standard InChI is InChI=1S/C40H56N2.Ni/c1-4-7-10-12-14-16-18-20-22-24-36-27-31-38(32-28-36)41-35-40(26-9-6-3)42-39-33-29-37(30-34-39)25-23-21-19-17-15-13-11-8-5-2;/h27-35H,4-21,26H2,1-3H3;. The molecule has 0 amide bonds. The molecule has 0 heterocycles. The Bertz CT molecular complexity index is 1140. The Labute approximate surface area is 275 Å². The molecule has 3 heteroatoms. The van der Waals surface area contributed by atoms with Gasteiger partial charge in [0.25, 0.3) is 0 Å². The zero-order valence-corrected chi connectivity index (χ0v) is 28.3. The van der Waals surface area contributed by atoms with E-state index in [2.05, 4.69) is 80.9 Å². The quantitative estimate of drug-likeness (QED) is 0.0607. The van der Waals surface area contributed by atoms with Gasteiger partial charge in [-0.2, -0.15) is 0 Å². The molecule has 0 saturated carbocycles. The molecule has 0 radical (unpaired) electrons. The predicted octanol–water partition coefficient (Wildman–Crippen LogP) is 12.3. The van der Waals surface area contributed by atoms with Crippen LogP contribution in [-0.2, 0) is 16.5 Å². The fourth-order valence-electron chi connectivity index (χ4n) is 4.74. The molecular weight excluding hydrogens is 567 g/mol. The minimum absolute atomic E-state index is 0. The van der Waals surface area contributed by atoms with Gasteiger partial charge in [0, 0.05) is 46.7 Å². The molecule has 0 aromatic heterocycles. The smallest absolute Gasteiger partial charge is 0.0634 e. The molecule has 43 heavy (non-hydrogen) atoms. The maximum Gasteiger partial charge on any atom is 0.0634 e. The molecule has 2 nitrogen and oxygen atoms in total. The van der Waals surface area contributed by atoms with Crippen LogP contribution in [0.4, 0.5) is 11.4 Å². The molecule has 2 aromatic carbocycles. The number of rotatable bonds is 20. The van der Waals surface area contributed by atoms with Gasteiger partial charge in [-0.15, -0.1) is 0 Å². The summed E-state index contributed by atoms with van der Waals surface area (Å²) in [6, 6.07) is 16.5. The fraction of sp³-hybridized carbons (Fsp3) is 0.550. The molecule has 0 N–H and O–H groups in total. The van der Waals surface area contributed by atoms with Crippen LogP contribution in [0.5, 0.6) is 0 Å². The Morgan fingerprint density at radius 2 is 0.953 bits per heavy atom. The van der Waals surface area contributed by atoms with Crippen LogP contribution in [0.25, 0.3) is 0 Å². The SMILES string of the molecule is CCCCCCCCCC#Cc1ccc(N=CC(CCCC)=Nc2ccc(C#CCCCCCCCCC)cc2)cc1.[Ni]. The number of unbranched alkanes of at least 4 members (excludes halogenated alkanes) is 15. The molecule has 2 rings (SSSR count). The van der Waals surface area contributed by atoms with Crippen molar-refractivity contribution in [1.29, 1.82) is 0 Å². The summed E-state index contributed by atoms with van der Waals surface area (Å²) < 4.78 is 0. The van der Waals surface area contributed by atoms with Gasteiger partial charge in [0.15, 0.2) is 0 Å². The van der Waals surface area contributed by atoms with E-state index in [0.717, 1.165) is 60.3 Å². The Morgan fingerprint density at radius 3 is 1.42 bits per heavy atom. The van der Waals surface area contributed by atoms with E-state index in [4.69, 9.17) is 9.98 Å². The number of benzene rings is 2. The molecule has 0 aliphatic heterocycles. The largest absolute Gasteiger partial charge is 0.255 e. The van der Waals surface area contributed by atoms with E-state index >= 15 is 0 Å². The molecule has 0 atom stereocenters. The first kappa shape index (κ1) is 38.4. The minimum Gasteiger partial charge on any atom is -0.255 e. The molecule has 236 valence electrons. The van der Waals surface area contributed by atoms with Gasteiger partial charge in [-0.3, -0.25) is 9.98 Å². The van der Waals surface area contributed by atoms with Gasteiger partial charge >= 0.3 is 0 Å². The van der Waals surface area contributed by atoms with Crippen LogP contribution in [0.2, 0.25) is 0 Å². The zero-order chi connectivity index (χ0) is 29.9. The second-order valence-corrected chi connectivity index (χ2v) is 11.4. The van der Waals surface area contributed by atoms with Crippen molar-refractivity contribution < 1.29 is 16.5 Å². The first-order valence-electron chi connectivity index (χ1n) is 17.0. The van der Waals surface area contributed by atoms with Gasteiger partial charge in [0.05, 0.1) is 17.1 Å². The second kappa shape index (κ2) is 27.0. The molecule has 0 bridgehead atoms. The minimum atomic E-state index is 0. The predicted molar refractivity (Wildman–Crippen MR) is 187 cm³/mol. The van der Waals surface area contributed by atoms with Gasteiger partial charge in [-0.1, -0.05) is 128 Å². The summed E-state index contributed by atoms with van der Waals surface area (Å²) in [6.07, 6.45) is 25.6. The van der Waals surface area contributed by atoms with Crippen molar-refractivity contribution in [3.63, 3.8) is 0 Å². The van der Waals surface area contributed by atoms with Crippen LogP contribution < -0.4 is 0 Å². The zero-order valence-electron chi connectivity index (χ0n) is 27.3. The van der Waals surface area contributed by atoms with Crippen molar-refractivity contribution in [2.75, 3.05) is 0 Å². The molecule has 0 unspecified atom stereocenters. The van der Waals surface area contributed by atoms with E-state index in [1.807, 2.05) is 18.3 Å². The summed E-state index contributed by atoms with van der Waals surface area (Å²) in [7, 11) is 0. The first-order chi connectivity index (χ1) is 20.7. The van der Waals surface area contributed by atoms with E-state index in [9.17, 15) is 0 Å². The van der Waals surface area contributed by atoms with Crippen molar-refractivity contribution in [2.45, 2.75) is 143 Å². The van der Waals surface area contributed by atoms with Crippen molar-refractivity contribution >= 4 is 23.3 Å². The number of aliphatic imine (C=N–C) groups is 2. The molecule has 2 aromatic rings. The summed E-state index contributed by atoms with van der Waals surface area (Å²) in [5.41, 5.74) is 5.02. The summed E-state index contributed by atoms with van der Waals surface area (Å²) in [5, 5.41) is 0. The first-order valence-corrected chi connectivity index (χ1v) is 17.0. The van der Waals surface area contributed by atoms with Crippen molar-refractivity contribution in [1.82, 2.24) is 0 Å². The Hall–Kier alpha value is -2.61. The van der Waals surface area contributed by atoms with Crippen molar-refractivity contribution in [3.05, 3.63) is 59.7 Å². The van der Waals surface area contributed by atoms with Crippen LogP contribution in [-0.4, -0.2) is 11.9 Å². The molecule has 0 aliphatic carbocycles. The Balaban J connectivity index is 0.00000924.